The van der Waals surface area contributed by atoms with Crippen LogP contribution in [-0.2, 0) is 6.42 Å². The number of anilines is 2. The Morgan fingerprint density at radius 1 is 1.08 bits per heavy atom. The molecule has 0 aromatic heterocycles. The molecule has 2 aromatic carbocycles. The van der Waals surface area contributed by atoms with Gasteiger partial charge in [-0.15, -0.1) is 0 Å². The normalized spacial score (nSPS) is 20.5. The first-order chi connectivity index (χ1) is 11.6. The second kappa shape index (κ2) is 6.96. The van der Waals surface area contributed by atoms with E-state index in [2.05, 4.69) is 93.4 Å². The van der Waals surface area contributed by atoms with Gasteiger partial charge >= 0.3 is 0 Å². The van der Waals surface area contributed by atoms with Gasteiger partial charge in [-0.3, -0.25) is 0 Å². The average Bonchev–Trinajstić information content (AvgIpc) is 2.64. The van der Waals surface area contributed by atoms with Gasteiger partial charge in [0.1, 0.15) is 11.9 Å². The molecule has 0 aliphatic carbocycles. The highest BCUT2D eigenvalue weighted by Gasteiger charge is 2.18. The third kappa shape index (κ3) is 3.38. The molecular formula is C22H25NO. The molecule has 3 rings (SSSR count). The van der Waals surface area contributed by atoms with Crippen LogP contribution in [0.15, 0.2) is 66.3 Å². The Kier molecular flexibility index (Phi) is 4.75. The highest BCUT2D eigenvalue weighted by Crippen LogP contribution is 2.37. The van der Waals surface area contributed by atoms with Crippen LogP contribution in [0.25, 0.3) is 0 Å². The predicted octanol–water partition coefficient (Wildman–Crippen LogP) is 5.59. The van der Waals surface area contributed by atoms with Crippen molar-refractivity contribution in [3.8, 4) is 5.75 Å². The van der Waals surface area contributed by atoms with Crippen molar-refractivity contribution in [3.05, 3.63) is 77.4 Å². The summed E-state index contributed by atoms with van der Waals surface area (Å²) in [6, 6.07) is 14.9. The fourth-order valence-corrected chi connectivity index (χ4v) is 2.93. The van der Waals surface area contributed by atoms with E-state index in [1.807, 2.05) is 0 Å². The minimum atomic E-state index is 0.0542. The Labute approximate surface area is 145 Å². The van der Waals surface area contributed by atoms with Crippen LogP contribution in [0.4, 0.5) is 11.4 Å². The van der Waals surface area contributed by atoms with Gasteiger partial charge in [0.05, 0.1) is 5.69 Å². The average molecular weight is 319 g/mol. The molecule has 1 aliphatic heterocycles. The Bertz CT molecular complexity index is 788. The molecule has 1 unspecified atom stereocenters. The standard InChI is InChI=1S/C22H25NO/c1-16-9-7-13-20(15-16)23(4)21-14-8-12-19-11-6-5-10-17(2)18(3)24-22(19)21/h5-10,12-15,18H,11H2,1-4H3/b6-5-,17-10-. The number of para-hydroxylation sites is 1. The molecule has 2 heteroatoms. The van der Waals surface area contributed by atoms with Gasteiger partial charge in [-0.05, 0) is 56.5 Å². The smallest absolute Gasteiger partial charge is 0.147 e. The van der Waals surface area contributed by atoms with E-state index in [4.69, 9.17) is 4.74 Å². The van der Waals surface area contributed by atoms with Crippen molar-refractivity contribution in [2.45, 2.75) is 33.3 Å². The number of ether oxygens (including phenoxy) is 1. The lowest BCUT2D eigenvalue weighted by atomic mass is 10.1. The monoisotopic (exact) mass is 319 g/mol. The molecule has 0 N–H and O–H groups in total. The van der Waals surface area contributed by atoms with Crippen molar-refractivity contribution in [1.29, 1.82) is 0 Å². The SMILES string of the molecule is C/C1=C/C=C\Cc2cccc(N(C)c3cccc(C)c3)c2OC1C. The fourth-order valence-electron chi connectivity index (χ4n) is 2.93. The van der Waals surface area contributed by atoms with Gasteiger partial charge in [-0.25, -0.2) is 0 Å². The zero-order chi connectivity index (χ0) is 17.1. The maximum Gasteiger partial charge on any atom is 0.147 e. The molecule has 0 spiro atoms. The van der Waals surface area contributed by atoms with Gasteiger partial charge in [-0.1, -0.05) is 42.5 Å². The highest BCUT2D eigenvalue weighted by atomic mass is 16.5. The van der Waals surface area contributed by atoms with Crippen LogP contribution >= 0.6 is 0 Å². The third-order valence-corrected chi connectivity index (χ3v) is 4.59. The minimum Gasteiger partial charge on any atom is -0.484 e. The van der Waals surface area contributed by atoms with E-state index in [0.717, 1.165) is 17.9 Å². The van der Waals surface area contributed by atoms with E-state index in [1.54, 1.807) is 0 Å². The Balaban J connectivity index is 2.06. The second-order valence-corrected chi connectivity index (χ2v) is 6.47. The number of allylic oxidation sites excluding steroid dienone is 3. The number of hydrogen-bond acceptors (Lipinski definition) is 2. The van der Waals surface area contributed by atoms with Gasteiger partial charge in [0, 0.05) is 18.3 Å². The molecular weight excluding hydrogens is 294 g/mol. The van der Waals surface area contributed by atoms with E-state index in [9.17, 15) is 0 Å². The van der Waals surface area contributed by atoms with Crippen LogP contribution < -0.4 is 9.64 Å². The molecule has 1 atom stereocenters. The first-order valence-corrected chi connectivity index (χ1v) is 8.48. The molecule has 1 heterocycles. The first-order valence-electron chi connectivity index (χ1n) is 8.48. The predicted molar refractivity (Wildman–Crippen MR) is 102 cm³/mol. The maximum absolute atomic E-state index is 6.38. The summed E-state index contributed by atoms with van der Waals surface area (Å²) in [5, 5.41) is 0. The van der Waals surface area contributed by atoms with Crippen molar-refractivity contribution in [1.82, 2.24) is 0 Å². The topological polar surface area (TPSA) is 12.5 Å². The number of hydrogen-bond donors (Lipinski definition) is 0. The molecule has 2 nitrogen and oxygen atoms in total. The van der Waals surface area contributed by atoms with Crippen LogP contribution in [0, 0.1) is 6.92 Å². The van der Waals surface area contributed by atoms with Gasteiger partial charge in [0.2, 0.25) is 0 Å². The van der Waals surface area contributed by atoms with E-state index >= 15 is 0 Å². The lowest BCUT2D eigenvalue weighted by molar-refractivity contribution is 0.256. The molecule has 1 aliphatic rings. The summed E-state index contributed by atoms with van der Waals surface area (Å²) < 4.78 is 6.38. The summed E-state index contributed by atoms with van der Waals surface area (Å²) in [4.78, 5) is 2.21. The fraction of sp³-hybridized carbons (Fsp3) is 0.273. The van der Waals surface area contributed by atoms with Gasteiger partial charge < -0.3 is 9.64 Å². The first kappa shape index (κ1) is 16.4. The van der Waals surface area contributed by atoms with Crippen molar-refractivity contribution < 1.29 is 4.74 Å². The summed E-state index contributed by atoms with van der Waals surface area (Å²) in [5.74, 6) is 0.980. The Morgan fingerprint density at radius 2 is 1.88 bits per heavy atom. The summed E-state index contributed by atoms with van der Waals surface area (Å²) in [7, 11) is 2.10. The van der Waals surface area contributed by atoms with E-state index < -0.39 is 0 Å². The largest absolute Gasteiger partial charge is 0.484 e. The zero-order valence-electron chi connectivity index (χ0n) is 14.9. The van der Waals surface area contributed by atoms with Crippen molar-refractivity contribution in [2.75, 3.05) is 11.9 Å². The molecule has 2 aromatic rings. The van der Waals surface area contributed by atoms with Crippen LogP contribution in [-0.4, -0.2) is 13.2 Å². The van der Waals surface area contributed by atoms with Gasteiger partial charge in [-0.2, -0.15) is 0 Å². The highest BCUT2D eigenvalue weighted by molar-refractivity contribution is 5.71. The number of aryl methyl sites for hydroxylation is 1. The summed E-state index contributed by atoms with van der Waals surface area (Å²) in [6.07, 6.45) is 7.39. The van der Waals surface area contributed by atoms with E-state index in [0.29, 0.717) is 0 Å². The van der Waals surface area contributed by atoms with Gasteiger partial charge in [0.25, 0.3) is 0 Å². The van der Waals surface area contributed by atoms with Crippen LogP contribution in [0.5, 0.6) is 5.75 Å². The minimum absolute atomic E-state index is 0.0542. The Hall–Kier alpha value is -2.48. The number of nitrogens with zero attached hydrogens (tertiary/aromatic N) is 1. The third-order valence-electron chi connectivity index (χ3n) is 4.59. The number of benzene rings is 2. The molecule has 24 heavy (non-hydrogen) atoms. The van der Waals surface area contributed by atoms with Gasteiger partial charge in [0.15, 0.2) is 0 Å². The zero-order valence-corrected chi connectivity index (χ0v) is 14.9. The van der Waals surface area contributed by atoms with Crippen LogP contribution in [0.1, 0.15) is 25.0 Å². The van der Waals surface area contributed by atoms with Crippen molar-refractivity contribution in [2.24, 2.45) is 0 Å². The quantitative estimate of drug-likeness (QED) is 0.715. The lowest BCUT2D eigenvalue weighted by Gasteiger charge is -2.26. The molecule has 0 amide bonds. The number of rotatable bonds is 2. The summed E-state index contributed by atoms with van der Waals surface area (Å²) >= 11 is 0. The molecule has 0 radical (unpaired) electrons. The molecule has 0 fully saturated rings. The Morgan fingerprint density at radius 3 is 2.67 bits per heavy atom. The summed E-state index contributed by atoms with van der Waals surface area (Å²) in [5.41, 5.74) is 5.98. The van der Waals surface area contributed by atoms with E-state index in [1.165, 1.54) is 22.4 Å². The maximum atomic E-state index is 6.38. The van der Waals surface area contributed by atoms with Crippen LogP contribution in [0.3, 0.4) is 0 Å². The van der Waals surface area contributed by atoms with Crippen LogP contribution in [0.2, 0.25) is 0 Å². The second-order valence-electron chi connectivity index (χ2n) is 6.47. The summed E-state index contributed by atoms with van der Waals surface area (Å²) in [6.45, 7) is 6.35. The van der Waals surface area contributed by atoms with Crippen molar-refractivity contribution in [3.63, 3.8) is 0 Å². The molecule has 124 valence electrons. The van der Waals surface area contributed by atoms with Crippen molar-refractivity contribution >= 4 is 11.4 Å². The molecule has 0 saturated carbocycles. The van der Waals surface area contributed by atoms with E-state index in [-0.39, 0.29) is 6.10 Å². The lowest BCUT2D eigenvalue weighted by Crippen LogP contribution is -2.18. The molecule has 0 saturated heterocycles. The molecule has 0 bridgehead atoms. The number of fused-ring (bicyclic) bond motifs is 1.